The Balaban J connectivity index is 2.97. The maximum atomic E-state index is 13.2. The Labute approximate surface area is 77.8 Å². The van der Waals surface area contributed by atoms with Crippen molar-refractivity contribution < 1.29 is 8.78 Å². The number of imidazole rings is 1. The van der Waals surface area contributed by atoms with Crippen molar-refractivity contribution in [2.75, 3.05) is 0 Å². The third kappa shape index (κ3) is 1.09. The van der Waals surface area contributed by atoms with Crippen LogP contribution in [0.4, 0.5) is 8.78 Å². The molecule has 0 spiro atoms. The molecular weight excluding hydrogens is 198 g/mol. The second kappa shape index (κ2) is 2.67. The lowest BCUT2D eigenvalue weighted by atomic mass is 10.3. The predicted octanol–water partition coefficient (Wildman–Crippen LogP) is 2.50. The van der Waals surface area contributed by atoms with Gasteiger partial charge in [-0.3, -0.25) is 0 Å². The number of hydrogen-bond donors (Lipinski definition) is 0. The Morgan fingerprint density at radius 1 is 1.38 bits per heavy atom. The lowest BCUT2D eigenvalue weighted by Gasteiger charge is -1.97. The van der Waals surface area contributed by atoms with Gasteiger partial charge in [0.1, 0.15) is 5.52 Å². The number of rotatable bonds is 0. The molecule has 2 nitrogen and oxygen atoms in total. The minimum atomic E-state index is -0.917. The number of fused-ring (bicyclic) bond motifs is 1. The number of benzene rings is 1. The van der Waals surface area contributed by atoms with Gasteiger partial charge in [-0.15, -0.1) is 0 Å². The minimum Gasteiger partial charge on any atom is -0.315 e. The molecule has 0 unspecified atom stereocenters. The number of nitrogens with zero attached hydrogens (tertiary/aromatic N) is 2. The Bertz CT molecular complexity index is 478. The summed E-state index contributed by atoms with van der Waals surface area (Å²) in [6.07, 6.45) is 0. The summed E-state index contributed by atoms with van der Waals surface area (Å²) in [7, 11) is 1.53. The summed E-state index contributed by atoms with van der Waals surface area (Å²) in [4.78, 5) is 3.84. The molecule has 1 heterocycles. The van der Waals surface area contributed by atoms with Crippen molar-refractivity contribution in [3.8, 4) is 0 Å². The highest BCUT2D eigenvalue weighted by molar-refractivity contribution is 6.29. The van der Waals surface area contributed by atoms with Crippen LogP contribution in [0.1, 0.15) is 0 Å². The van der Waals surface area contributed by atoms with Crippen molar-refractivity contribution in [1.82, 2.24) is 9.55 Å². The molecule has 2 aromatic rings. The highest BCUT2D eigenvalue weighted by Gasteiger charge is 2.13. The van der Waals surface area contributed by atoms with Crippen molar-refractivity contribution in [3.05, 3.63) is 29.1 Å². The molecule has 0 amide bonds. The highest BCUT2D eigenvalue weighted by atomic mass is 35.5. The molecule has 0 aliphatic heterocycles. The molecule has 0 bridgehead atoms. The molecule has 5 heteroatoms. The van der Waals surface area contributed by atoms with Crippen LogP contribution in [0.2, 0.25) is 5.28 Å². The summed E-state index contributed by atoms with van der Waals surface area (Å²) in [5, 5.41) is 0.138. The molecule has 0 saturated heterocycles. The zero-order chi connectivity index (χ0) is 9.59. The second-order valence-corrected chi connectivity index (χ2v) is 3.01. The molecule has 2 rings (SSSR count). The molecule has 13 heavy (non-hydrogen) atoms. The first kappa shape index (κ1) is 8.44. The van der Waals surface area contributed by atoms with E-state index in [-0.39, 0.29) is 10.8 Å². The molecule has 0 aliphatic rings. The fourth-order valence-corrected chi connectivity index (χ4v) is 1.38. The Morgan fingerprint density at radius 3 is 2.77 bits per heavy atom. The monoisotopic (exact) mass is 202 g/mol. The third-order valence-corrected chi connectivity index (χ3v) is 2.21. The van der Waals surface area contributed by atoms with Crippen molar-refractivity contribution in [1.29, 1.82) is 0 Å². The normalized spacial score (nSPS) is 11.1. The second-order valence-electron chi connectivity index (χ2n) is 2.67. The van der Waals surface area contributed by atoms with Crippen LogP contribution in [-0.2, 0) is 7.05 Å². The first-order valence-corrected chi connectivity index (χ1v) is 3.95. The Kier molecular flexibility index (Phi) is 1.73. The van der Waals surface area contributed by atoms with Gasteiger partial charge in [0, 0.05) is 7.05 Å². The molecule has 0 aliphatic carbocycles. The van der Waals surface area contributed by atoms with Crippen LogP contribution >= 0.6 is 11.6 Å². The lowest BCUT2D eigenvalue weighted by Crippen LogP contribution is -1.92. The van der Waals surface area contributed by atoms with Gasteiger partial charge in [-0.05, 0) is 23.7 Å². The van der Waals surface area contributed by atoms with E-state index in [1.54, 1.807) is 0 Å². The summed E-state index contributed by atoms with van der Waals surface area (Å²) in [6.45, 7) is 0. The van der Waals surface area contributed by atoms with Gasteiger partial charge in [-0.1, -0.05) is 0 Å². The van der Waals surface area contributed by atoms with E-state index in [9.17, 15) is 8.78 Å². The molecule has 1 aromatic carbocycles. The smallest absolute Gasteiger partial charge is 0.203 e. The van der Waals surface area contributed by atoms with Crippen molar-refractivity contribution in [2.24, 2.45) is 7.05 Å². The van der Waals surface area contributed by atoms with Crippen LogP contribution in [0.15, 0.2) is 12.1 Å². The predicted molar refractivity (Wildman–Crippen MR) is 45.6 cm³/mol. The van der Waals surface area contributed by atoms with E-state index < -0.39 is 11.6 Å². The van der Waals surface area contributed by atoms with Gasteiger partial charge in [0.15, 0.2) is 11.6 Å². The molecular formula is C8H5ClF2N2. The van der Waals surface area contributed by atoms with E-state index in [0.717, 1.165) is 6.07 Å². The van der Waals surface area contributed by atoms with Crippen LogP contribution in [0.25, 0.3) is 11.0 Å². The van der Waals surface area contributed by atoms with Gasteiger partial charge in [0.25, 0.3) is 0 Å². The van der Waals surface area contributed by atoms with Crippen LogP contribution < -0.4 is 0 Å². The summed E-state index contributed by atoms with van der Waals surface area (Å²) >= 11 is 5.64. The first-order chi connectivity index (χ1) is 6.11. The Hall–Kier alpha value is -1.16. The summed E-state index contributed by atoms with van der Waals surface area (Å²) in [6, 6.07) is 2.42. The molecule has 0 fully saturated rings. The van der Waals surface area contributed by atoms with Crippen LogP contribution in [-0.4, -0.2) is 9.55 Å². The van der Waals surface area contributed by atoms with E-state index in [4.69, 9.17) is 11.6 Å². The molecule has 0 saturated carbocycles. The average Bonchev–Trinajstić information content (AvgIpc) is 2.37. The van der Waals surface area contributed by atoms with E-state index >= 15 is 0 Å². The van der Waals surface area contributed by atoms with E-state index in [1.165, 1.54) is 17.7 Å². The van der Waals surface area contributed by atoms with E-state index in [1.807, 2.05) is 0 Å². The number of halogens is 3. The summed E-state index contributed by atoms with van der Waals surface area (Å²) < 4.78 is 27.3. The Morgan fingerprint density at radius 2 is 2.08 bits per heavy atom. The maximum Gasteiger partial charge on any atom is 0.203 e. The van der Waals surface area contributed by atoms with E-state index in [2.05, 4.69) is 4.98 Å². The van der Waals surface area contributed by atoms with Crippen molar-refractivity contribution in [2.45, 2.75) is 0 Å². The topological polar surface area (TPSA) is 17.8 Å². The third-order valence-electron chi connectivity index (χ3n) is 1.87. The molecule has 0 atom stereocenters. The summed E-state index contributed by atoms with van der Waals surface area (Å²) in [5.74, 6) is -1.81. The van der Waals surface area contributed by atoms with E-state index in [0.29, 0.717) is 5.52 Å². The zero-order valence-corrected chi connectivity index (χ0v) is 7.44. The van der Waals surface area contributed by atoms with Crippen LogP contribution in [0, 0.1) is 11.6 Å². The average molecular weight is 203 g/mol. The van der Waals surface area contributed by atoms with Crippen LogP contribution in [0.3, 0.4) is 0 Å². The molecule has 1 aromatic heterocycles. The van der Waals surface area contributed by atoms with Gasteiger partial charge < -0.3 is 4.57 Å². The minimum absolute atomic E-state index is 0.0880. The van der Waals surface area contributed by atoms with Crippen LogP contribution in [0.5, 0.6) is 0 Å². The molecule has 0 radical (unpaired) electrons. The van der Waals surface area contributed by atoms with Crippen molar-refractivity contribution in [3.63, 3.8) is 0 Å². The SMILES string of the molecule is Cn1c(Cl)nc2ccc(F)c(F)c21. The standard InChI is InChI=1S/C8H5ClF2N2/c1-13-7-5(12-8(13)9)3-2-4(10)6(7)11/h2-3H,1H3. The van der Waals surface area contributed by atoms with Crippen molar-refractivity contribution >= 4 is 22.6 Å². The zero-order valence-electron chi connectivity index (χ0n) is 6.68. The van der Waals surface area contributed by atoms with Gasteiger partial charge in [0.2, 0.25) is 5.28 Å². The lowest BCUT2D eigenvalue weighted by molar-refractivity contribution is 0.513. The van der Waals surface area contributed by atoms with Gasteiger partial charge in [0.05, 0.1) is 5.52 Å². The number of aromatic nitrogens is 2. The molecule has 0 N–H and O–H groups in total. The first-order valence-electron chi connectivity index (χ1n) is 3.57. The fraction of sp³-hybridized carbons (Fsp3) is 0.125. The summed E-state index contributed by atoms with van der Waals surface area (Å²) in [5.41, 5.74) is 0.441. The molecule has 68 valence electrons. The largest absolute Gasteiger partial charge is 0.315 e. The highest BCUT2D eigenvalue weighted by Crippen LogP contribution is 2.22. The number of hydrogen-bond acceptors (Lipinski definition) is 1. The quantitative estimate of drug-likeness (QED) is 0.642. The van der Waals surface area contributed by atoms with Gasteiger partial charge in [-0.25, -0.2) is 13.8 Å². The maximum absolute atomic E-state index is 13.2. The number of aryl methyl sites for hydroxylation is 1. The van der Waals surface area contributed by atoms with Gasteiger partial charge in [-0.2, -0.15) is 0 Å². The fourth-order valence-electron chi connectivity index (χ4n) is 1.21. The van der Waals surface area contributed by atoms with Gasteiger partial charge >= 0.3 is 0 Å².